The Morgan fingerprint density at radius 3 is 2.33 bits per heavy atom. The predicted molar refractivity (Wildman–Crippen MR) is 151 cm³/mol. The number of carbonyl (C=O) groups is 2. The molecule has 40 heavy (non-hydrogen) atoms. The van der Waals surface area contributed by atoms with E-state index in [0.29, 0.717) is 6.61 Å². The van der Waals surface area contributed by atoms with Gasteiger partial charge in [-0.05, 0) is 75.8 Å². The van der Waals surface area contributed by atoms with E-state index in [4.69, 9.17) is 34.3 Å². The molecule has 3 aromatic rings. The third-order valence-corrected chi connectivity index (χ3v) is 7.14. The zero-order chi connectivity index (χ0) is 28.6. The van der Waals surface area contributed by atoms with Gasteiger partial charge in [-0.3, -0.25) is 0 Å². The van der Waals surface area contributed by atoms with E-state index < -0.39 is 11.9 Å². The molecule has 10 heteroatoms. The molecule has 2 aliphatic rings. The zero-order valence-electron chi connectivity index (χ0n) is 23.3. The van der Waals surface area contributed by atoms with Crippen molar-refractivity contribution in [2.24, 2.45) is 0 Å². The molecular formula is C30H38N4O6. The average Bonchev–Trinajstić information content (AvgIpc) is 3.30. The Morgan fingerprint density at radius 1 is 1.00 bits per heavy atom. The maximum Gasteiger partial charge on any atom is 0.414 e. The Balaban J connectivity index is 0.000000557. The molecule has 2 aromatic carbocycles. The van der Waals surface area contributed by atoms with Gasteiger partial charge in [0, 0.05) is 37.9 Å². The molecule has 0 amide bonds. The van der Waals surface area contributed by atoms with Gasteiger partial charge in [0.1, 0.15) is 24.3 Å². The van der Waals surface area contributed by atoms with Gasteiger partial charge in [0.05, 0.1) is 11.8 Å². The van der Waals surface area contributed by atoms with Crippen LogP contribution in [0.2, 0.25) is 0 Å². The van der Waals surface area contributed by atoms with Crippen molar-refractivity contribution in [3.8, 4) is 17.0 Å². The molecule has 3 heterocycles. The number of ether oxygens (including phenoxy) is 2. The number of hydrogen-bond acceptors (Lipinski definition) is 7. The number of rotatable bonds is 7. The average molecular weight is 551 g/mol. The van der Waals surface area contributed by atoms with Crippen LogP contribution in [0.15, 0.2) is 54.7 Å². The van der Waals surface area contributed by atoms with Crippen molar-refractivity contribution < 1.29 is 29.3 Å². The number of nitrogens with zero attached hydrogens (tertiary/aromatic N) is 4. The third kappa shape index (κ3) is 7.68. The summed E-state index contributed by atoms with van der Waals surface area (Å²) in [5, 5.41) is 14.8. The highest BCUT2D eigenvalue weighted by Crippen LogP contribution is 2.36. The molecule has 2 aliphatic heterocycles. The summed E-state index contributed by atoms with van der Waals surface area (Å²) < 4.78 is 15.0. The summed E-state index contributed by atoms with van der Waals surface area (Å²) in [7, 11) is 6.29. The van der Waals surface area contributed by atoms with Crippen molar-refractivity contribution in [1.29, 1.82) is 0 Å². The minimum atomic E-state index is -1.82. The number of likely N-dealkylation sites (tertiary alicyclic amines) is 1. The maximum absolute atomic E-state index is 9.10. The molecule has 1 atom stereocenters. The lowest BCUT2D eigenvalue weighted by atomic mass is 10.00. The SMILES string of the molecule is CN(C)CCOc1ccc(-c2cn3c(n2)C(OC2CCN(C)CC2)c2ccccc2CC3)cc1.O=C(O)C(=O)O. The lowest BCUT2D eigenvalue weighted by Gasteiger charge is -2.32. The van der Waals surface area contributed by atoms with E-state index in [-0.39, 0.29) is 12.2 Å². The molecule has 1 aromatic heterocycles. The van der Waals surface area contributed by atoms with Gasteiger partial charge in [-0.25, -0.2) is 14.6 Å². The first kappa shape index (κ1) is 29.3. The predicted octanol–water partition coefficient (Wildman–Crippen LogP) is 3.40. The van der Waals surface area contributed by atoms with E-state index in [1.807, 2.05) is 12.1 Å². The Hall–Kier alpha value is -3.73. The van der Waals surface area contributed by atoms with Gasteiger partial charge in [0.15, 0.2) is 0 Å². The van der Waals surface area contributed by atoms with Gasteiger partial charge in [-0.2, -0.15) is 0 Å². The second kappa shape index (κ2) is 13.6. The van der Waals surface area contributed by atoms with Crippen LogP contribution in [0, 0.1) is 0 Å². The smallest absolute Gasteiger partial charge is 0.414 e. The van der Waals surface area contributed by atoms with Gasteiger partial charge >= 0.3 is 11.9 Å². The van der Waals surface area contributed by atoms with E-state index in [2.05, 4.69) is 78.1 Å². The molecule has 0 radical (unpaired) electrons. The van der Waals surface area contributed by atoms with E-state index in [1.165, 1.54) is 11.1 Å². The van der Waals surface area contributed by atoms with Crippen molar-refractivity contribution in [3.63, 3.8) is 0 Å². The molecule has 1 unspecified atom stereocenters. The van der Waals surface area contributed by atoms with Crippen molar-refractivity contribution in [1.82, 2.24) is 19.4 Å². The fourth-order valence-electron chi connectivity index (χ4n) is 4.87. The fraction of sp³-hybridized carbons (Fsp3) is 0.433. The first-order chi connectivity index (χ1) is 19.2. The molecule has 0 bridgehead atoms. The number of carboxylic acids is 2. The Labute approximate surface area is 234 Å². The molecular weight excluding hydrogens is 512 g/mol. The number of piperidine rings is 1. The normalized spacial score (nSPS) is 17.2. The van der Waals surface area contributed by atoms with E-state index in [9.17, 15) is 0 Å². The molecule has 0 spiro atoms. The van der Waals surface area contributed by atoms with Crippen LogP contribution in [-0.4, -0.2) is 95.0 Å². The quantitative estimate of drug-likeness (QED) is 0.427. The van der Waals surface area contributed by atoms with Crippen molar-refractivity contribution in [2.45, 2.75) is 38.0 Å². The standard InChI is InChI=1S/C28H36N4O2.C2H2O4/c1-30(2)18-19-33-23-10-8-22(9-11-23)26-20-32-17-12-21-6-4-5-7-25(21)27(28(32)29-26)34-24-13-15-31(3)16-14-24;3-1(4)2(5)6/h4-11,20,24,27H,12-19H2,1-3H3;(H,3,4)(H,5,6). The minimum absolute atomic E-state index is 0.130. The van der Waals surface area contributed by atoms with Gasteiger partial charge in [0.2, 0.25) is 0 Å². The molecule has 1 saturated heterocycles. The number of benzene rings is 2. The number of carboxylic acid groups (broad SMARTS) is 2. The number of likely N-dealkylation sites (N-methyl/N-ethyl adjacent to an activating group) is 1. The van der Waals surface area contributed by atoms with Crippen molar-refractivity contribution >= 4 is 11.9 Å². The number of aliphatic carboxylic acids is 2. The summed E-state index contributed by atoms with van der Waals surface area (Å²) in [6, 6.07) is 17.0. The first-order valence-electron chi connectivity index (χ1n) is 13.5. The van der Waals surface area contributed by atoms with E-state index >= 15 is 0 Å². The monoisotopic (exact) mass is 550 g/mol. The van der Waals surface area contributed by atoms with Crippen LogP contribution in [0.3, 0.4) is 0 Å². The number of aromatic nitrogens is 2. The van der Waals surface area contributed by atoms with Crippen LogP contribution in [0.5, 0.6) is 5.75 Å². The Kier molecular flexibility index (Phi) is 9.92. The molecule has 2 N–H and O–H groups in total. The highest BCUT2D eigenvalue weighted by atomic mass is 16.5. The van der Waals surface area contributed by atoms with Crippen LogP contribution >= 0.6 is 0 Å². The highest BCUT2D eigenvalue weighted by Gasteiger charge is 2.30. The topological polar surface area (TPSA) is 117 Å². The van der Waals surface area contributed by atoms with Gasteiger partial charge < -0.3 is 34.1 Å². The third-order valence-electron chi connectivity index (χ3n) is 7.14. The molecule has 0 saturated carbocycles. The summed E-state index contributed by atoms with van der Waals surface area (Å²) in [4.78, 5) is 27.8. The molecule has 10 nitrogen and oxygen atoms in total. The van der Waals surface area contributed by atoms with Gasteiger partial charge in [0.25, 0.3) is 0 Å². The van der Waals surface area contributed by atoms with Crippen LogP contribution in [-0.2, 0) is 27.3 Å². The first-order valence-corrected chi connectivity index (χ1v) is 13.5. The highest BCUT2D eigenvalue weighted by molar-refractivity contribution is 6.27. The maximum atomic E-state index is 9.10. The van der Waals surface area contributed by atoms with Gasteiger partial charge in [-0.1, -0.05) is 24.3 Å². The fourth-order valence-corrected chi connectivity index (χ4v) is 4.87. The number of hydrogen-bond donors (Lipinski definition) is 2. The van der Waals surface area contributed by atoms with E-state index in [0.717, 1.165) is 68.3 Å². The minimum Gasteiger partial charge on any atom is -0.492 e. The molecule has 0 aliphatic carbocycles. The van der Waals surface area contributed by atoms with Crippen molar-refractivity contribution in [3.05, 3.63) is 71.7 Å². The van der Waals surface area contributed by atoms with Crippen LogP contribution in [0.25, 0.3) is 11.3 Å². The zero-order valence-corrected chi connectivity index (χ0v) is 23.3. The van der Waals surface area contributed by atoms with Crippen LogP contribution in [0.1, 0.15) is 35.9 Å². The number of imidazole rings is 1. The van der Waals surface area contributed by atoms with Crippen LogP contribution < -0.4 is 4.74 Å². The van der Waals surface area contributed by atoms with Crippen LogP contribution in [0.4, 0.5) is 0 Å². The largest absolute Gasteiger partial charge is 0.492 e. The summed E-state index contributed by atoms with van der Waals surface area (Å²) in [5.74, 6) is -1.74. The lowest BCUT2D eigenvalue weighted by molar-refractivity contribution is -0.159. The number of aryl methyl sites for hydroxylation is 2. The number of fused-ring (bicyclic) bond motifs is 2. The molecule has 5 rings (SSSR count). The van der Waals surface area contributed by atoms with Gasteiger partial charge in [-0.15, -0.1) is 0 Å². The molecule has 214 valence electrons. The van der Waals surface area contributed by atoms with E-state index in [1.54, 1.807) is 0 Å². The summed E-state index contributed by atoms with van der Waals surface area (Å²) in [6.45, 7) is 4.66. The summed E-state index contributed by atoms with van der Waals surface area (Å²) in [5.41, 5.74) is 4.73. The Bertz CT molecular complexity index is 1270. The molecule has 1 fully saturated rings. The van der Waals surface area contributed by atoms with Crippen molar-refractivity contribution in [2.75, 3.05) is 47.4 Å². The second-order valence-corrected chi connectivity index (χ2v) is 10.4. The summed E-state index contributed by atoms with van der Waals surface area (Å²) >= 11 is 0. The lowest BCUT2D eigenvalue weighted by Crippen LogP contribution is -2.35. The summed E-state index contributed by atoms with van der Waals surface area (Å²) in [6.07, 6.45) is 5.45. The second-order valence-electron chi connectivity index (χ2n) is 10.4. The Morgan fingerprint density at radius 2 is 1.68 bits per heavy atom.